The van der Waals surface area contributed by atoms with E-state index in [4.69, 9.17) is 5.73 Å². The summed E-state index contributed by atoms with van der Waals surface area (Å²) >= 11 is 0. The van der Waals surface area contributed by atoms with Crippen LogP contribution in [0.25, 0.3) is 0 Å². The second-order valence-corrected chi connectivity index (χ2v) is 5.99. The zero-order valence-electron chi connectivity index (χ0n) is 13.3. The third kappa shape index (κ3) is 4.21. The Bertz CT molecular complexity index is 560. The topological polar surface area (TPSA) is 75.4 Å². The average Bonchev–Trinajstić information content (AvgIpc) is 2.85. The maximum atomic E-state index is 12.2. The van der Waals surface area contributed by atoms with E-state index in [-0.39, 0.29) is 36.2 Å². The summed E-state index contributed by atoms with van der Waals surface area (Å²) in [4.78, 5) is 25.7. The van der Waals surface area contributed by atoms with Gasteiger partial charge in [-0.1, -0.05) is 0 Å². The maximum absolute atomic E-state index is 12.2. The van der Waals surface area contributed by atoms with Gasteiger partial charge in [0.1, 0.15) is 0 Å². The average molecular weight is 326 g/mol. The number of hydrogen-bond acceptors (Lipinski definition) is 3. The molecule has 1 aromatic carbocycles. The maximum Gasteiger partial charge on any atom is 0.253 e. The fourth-order valence-electron chi connectivity index (χ4n) is 2.72. The SMILES string of the molecule is Cc1cc(NC(=O)C2CCC(N)C2)ccc1C(=O)N(C)C.Cl. The van der Waals surface area contributed by atoms with E-state index < -0.39 is 0 Å². The van der Waals surface area contributed by atoms with Crippen molar-refractivity contribution in [3.05, 3.63) is 29.3 Å². The third-order valence-corrected chi connectivity index (χ3v) is 3.97. The van der Waals surface area contributed by atoms with Crippen LogP contribution in [0.15, 0.2) is 18.2 Å². The van der Waals surface area contributed by atoms with Crippen LogP contribution >= 0.6 is 12.4 Å². The molecule has 1 aromatic rings. The molecule has 1 aliphatic carbocycles. The minimum Gasteiger partial charge on any atom is -0.345 e. The summed E-state index contributed by atoms with van der Waals surface area (Å²) in [6.45, 7) is 1.87. The van der Waals surface area contributed by atoms with Crippen LogP contribution in [0.5, 0.6) is 0 Å². The minimum atomic E-state index is -0.0351. The van der Waals surface area contributed by atoms with Gasteiger partial charge in [0.2, 0.25) is 5.91 Å². The Balaban J connectivity index is 0.00000242. The predicted molar refractivity (Wildman–Crippen MR) is 90.4 cm³/mol. The highest BCUT2D eigenvalue weighted by Gasteiger charge is 2.27. The van der Waals surface area contributed by atoms with Crippen LogP contribution < -0.4 is 11.1 Å². The van der Waals surface area contributed by atoms with Gasteiger partial charge < -0.3 is 16.0 Å². The van der Waals surface area contributed by atoms with Gasteiger partial charge in [0.25, 0.3) is 5.91 Å². The standard InChI is InChI=1S/C16H23N3O2.ClH/c1-10-8-13(6-7-14(10)16(21)19(2)3)18-15(20)11-4-5-12(17)9-11;/h6-8,11-12H,4-5,9,17H2,1-3H3,(H,18,20);1H. The van der Waals surface area contributed by atoms with Crippen molar-refractivity contribution in [2.45, 2.75) is 32.2 Å². The van der Waals surface area contributed by atoms with Crippen LogP contribution in [0.2, 0.25) is 0 Å². The lowest BCUT2D eigenvalue weighted by molar-refractivity contribution is -0.119. The summed E-state index contributed by atoms with van der Waals surface area (Å²) in [5.41, 5.74) is 8.08. The molecule has 0 spiro atoms. The molecule has 2 unspecified atom stereocenters. The number of nitrogens with two attached hydrogens (primary N) is 1. The minimum absolute atomic E-state index is 0. The summed E-state index contributed by atoms with van der Waals surface area (Å²) in [6, 6.07) is 5.51. The number of halogens is 1. The quantitative estimate of drug-likeness (QED) is 0.894. The molecule has 2 atom stereocenters. The number of hydrogen-bond donors (Lipinski definition) is 2. The Hall–Kier alpha value is -1.59. The van der Waals surface area contributed by atoms with E-state index in [0.717, 1.165) is 30.5 Å². The van der Waals surface area contributed by atoms with Crippen LogP contribution in [0.4, 0.5) is 5.69 Å². The molecule has 2 amide bonds. The van der Waals surface area contributed by atoms with Gasteiger partial charge in [-0.25, -0.2) is 0 Å². The van der Waals surface area contributed by atoms with E-state index in [2.05, 4.69) is 5.32 Å². The molecule has 22 heavy (non-hydrogen) atoms. The first kappa shape index (κ1) is 18.5. The lowest BCUT2D eigenvalue weighted by Crippen LogP contribution is -2.24. The summed E-state index contributed by atoms with van der Waals surface area (Å²) in [5, 5.41) is 2.92. The molecule has 0 heterocycles. The summed E-state index contributed by atoms with van der Waals surface area (Å²) in [6.07, 6.45) is 2.51. The van der Waals surface area contributed by atoms with Crippen LogP contribution in [0.3, 0.4) is 0 Å². The molecule has 1 aliphatic rings. The fraction of sp³-hybridized carbons (Fsp3) is 0.500. The normalized spacial score (nSPS) is 20.2. The second kappa shape index (κ2) is 7.61. The summed E-state index contributed by atoms with van der Waals surface area (Å²) in [7, 11) is 3.45. The number of carbonyl (C=O) groups excluding carboxylic acids is 2. The number of nitrogens with zero attached hydrogens (tertiary/aromatic N) is 1. The van der Waals surface area contributed by atoms with E-state index >= 15 is 0 Å². The number of amides is 2. The fourth-order valence-corrected chi connectivity index (χ4v) is 2.72. The summed E-state index contributed by atoms with van der Waals surface area (Å²) < 4.78 is 0. The number of benzene rings is 1. The van der Waals surface area contributed by atoms with Crippen molar-refractivity contribution in [2.75, 3.05) is 19.4 Å². The highest BCUT2D eigenvalue weighted by atomic mass is 35.5. The predicted octanol–water partition coefficient (Wildman–Crippen LogP) is 2.18. The van der Waals surface area contributed by atoms with E-state index in [1.807, 2.05) is 13.0 Å². The number of carbonyl (C=O) groups is 2. The highest BCUT2D eigenvalue weighted by Crippen LogP contribution is 2.26. The van der Waals surface area contributed by atoms with E-state index in [1.54, 1.807) is 31.1 Å². The van der Waals surface area contributed by atoms with Crippen molar-refractivity contribution >= 4 is 29.9 Å². The van der Waals surface area contributed by atoms with Crippen LogP contribution in [0.1, 0.15) is 35.2 Å². The molecule has 1 fully saturated rings. The molecule has 122 valence electrons. The van der Waals surface area contributed by atoms with Gasteiger partial charge in [-0.15, -0.1) is 12.4 Å². The third-order valence-electron chi connectivity index (χ3n) is 3.97. The summed E-state index contributed by atoms with van der Waals surface area (Å²) in [5.74, 6) is -0.00966. The van der Waals surface area contributed by atoms with E-state index in [9.17, 15) is 9.59 Å². The lowest BCUT2D eigenvalue weighted by atomic mass is 10.0. The molecule has 0 bridgehead atoms. The van der Waals surface area contributed by atoms with E-state index in [0.29, 0.717) is 5.56 Å². The Labute approximate surface area is 137 Å². The van der Waals surface area contributed by atoms with Crippen molar-refractivity contribution in [1.29, 1.82) is 0 Å². The molecule has 0 saturated heterocycles. The number of nitrogens with one attached hydrogen (secondary N) is 1. The van der Waals surface area contributed by atoms with E-state index in [1.165, 1.54) is 0 Å². The molecule has 0 aromatic heterocycles. The number of aryl methyl sites for hydroxylation is 1. The first-order chi connectivity index (χ1) is 9.88. The molecule has 3 N–H and O–H groups in total. The zero-order valence-corrected chi connectivity index (χ0v) is 14.1. The molecular formula is C16H24ClN3O2. The van der Waals surface area contributed by atoms with Crippen LogP contribution in [0, 0.1) is 12.8 Å². The van der Waals surface area contributed by atoms with Crippen LogP contribution in [-0.2, 0) is 4.79 Å². The zero-order chi connectivity index (χ0) is 15.6. The first-order valence-corrected chi connectivity index (χ1v) is 7.27. The molecule has 0 aliphatic heterocycles. The Kier molecular flexibility index (Phi) is 6.38. The van der Waals surface area contributed by atoms with Crippen molar-refractivity contribution in [2.24, 2.45) is 11.7 Å². The molecule has 2 rings (SSSR count). The van der Waals surface area contributed by atoms with Crippen molar-refractivity contribution in [3.63, 3.8) is 0 Å². The van der Waals surface area contributed by atoms with Gasteiger partial charge in [-0.3, -0.25) is 9.59 Å². The largest absolute Gasteiger partial charge is 0.345 e. The molecule has 1 saturated carbocycles. The molecule has 6 heteroatoms. The molecule has 0 radical (unpaired) electrons. The Morgan fingerprint density at radius 2 is 1.95 bits per heavy atom. The van der Waals surface area contributed by atoms with Gasteiger partial charge in [-0.2, -0.15) is 0 Å². The van der Waals surface area contributed by atoms with Crippen LogP contribution in [-0.4, -0.2) is 36.9 Å². The Morgan fingerprint density at radius 1 is 1.27 bits per heavy atom. The monoisotopic (exact) mass is 325 g/mol. The highest BCUT2D eigenvalue weighted by molar-refractivity contribution is 5.97. The van der Waals surface area contributed by atoms with Gasteiger partial charge in [0.05, 0.1) is 0 Å². The Morgan fingerprint density at radius 3 is 2.45 bits per heavy atom. The second-order valence-electron chi connectivity index (χ2n) is 5.99. The van der Waals surface area contributed by atoms with Gasteiger partial charge in [0, 0.05) is 37.3 Å². The number of anilines is 1. The smallest absolute Gasteiger partial charge is 0.253 e. The van der Waals surface area contributed by atoms with Gasteiger partial charge in [0.15, 0.2) is 0 Å². The molecule has 5 nitrogen and oxygen atoms in total. The molecular weight excluding hydrogens is 302 g/mol. The van der Waals surface area contributed by atoms with Crippen molar-refractivity contribution in [1.82, 2.24) is 4.90 Å². The number of rotatable bonds is 3. The van der Waals surface area contributed by atoms with Gasteiger partial charge >= 0.3 is 0 Å². The van der Waals surface area contributed by atoms with Crippen molar-refractivity contribution in [3.8, 4) is 0 Å². The van der Waals surface area contributed by atoms with Crippen molar-refractivity contribution < 1.29 is 9.59 Å². The lowest BCUT2D eigenvalue weighted by Gasteiger charge is -2.15. The van der Waals surface area contributed by atoms with Gasteiger partial charge in [-0.05, 0) is 49.9 Å². The first-order valence-electron chi connectivity index (χ1n) is 7.27.